The fraction of sp³-hybridized carbons (Fsp3) is 0.300. The summed E-state index contributed by atoms with van der Waals surface area (Å²) < 4.78 is 0. The second-order valence-electron chi connectivity index (χ2n) is 3.23. The van der Waals surface area contributed by atoms with E-state index in [-0.39, 0.29) is 23.8 Å². The predicted octanol–water partition coefficient (Wildman–Crippen LogP) is -0.389. The Bertz CT molecular complexity index is 406. The third-order valence-electron chi connectivity index (χ3n) is 2.06. The average Bonchev–Trinajstić information content (AvgIpc) is 2.25. The van der Waals surface area contributed by atoms with Crippen LogP contribution in [-0.4, -0.2) is 34.8 Å². The Hall–Kier alpha value is -2.11. The number of likely N-dealkylation sites (N-methyl/N-ethyl adjacent to an activating group) is 1. The van der Waals surface area contributed by atoms with Gasteiger partial charge in [0.25, 0.3) is 5.91 Å². The second kappa shape index (κ2) is 5.11. The average molecular weight is 222 g/mol. The molecule has 0 atom stereocenters. The highest BCUT2D eigenvalue weighted by Gasteiger charge is 2.19. The maximum absolute atomic E-state index is 11.9. The minimum atomic E-state index is -0.565. The molecule has 0 aliphatic carbocycles. The van der Waals surface area contributed by atoms with Crippen LogP contribution in [0.15, 0.2) is 18.3 Å². The molecule has 0 radical (unpaired) electrons. The summed E-state index contributed by atoms with van der Waals surface area (Å²) in [6, 6.07) is 3.22. The number of pyridine rings is 1. The Kier molecular flexibility index (Phi) is 3.82. The van der Waals surface area contributed by atoms with Crippen molar-refractivity contribution in [3.8, 4) is 0 Å². The Morgan fingerprint density at radius 2 is 2.19 bits per heavy atom. The zero-order valence-corrected chi connectivity index (χ0v) is 9.01. The lowest BCUT2D eigenvalue weighted by molar-refractivity contribution is -0.118. The lowest BCUT2D eigenvalue weighted by atomic mass is 10.2. The number of nitrogen functional groups attached to an aromatic ring is 1. The molecule has 0 aliphatic rings. The van der Waals surface area contributed by atoms with Crippen molar-refractivity contribution in [2.45, 2.75) is 6.92 Å². The Balaban J connectivity index is 2.91. The van der Waals surface area contributed by atoms with Crippen LogP contribution in [0.3, 0.4) is 0 Å². The van der Waals surface area contributed by atoms with Crippen LogP contribution in [0.5, 0.6) is 0 Å². The van der Waals surface area contributed by atoms with E-state index in [1.54, 1.807) is 19.1 Å². The fourth-order valence-electron chi connectivity index (χ4n) is 1.26. The van der Waals surface area contributed by atoms with E-state index in [9.17, 15) is 9.59 Å². The van der Waals surface area contributed by atoms with Gasteiger partial charge in [-0.1, -0.05) is 0 Å². The first-order valence-electron chi connectivity index (χ1n) is 4.84. The van der Waals surface area contributed by atoms with Gasteiger partial charge in [0.2, 0.25) is 5.91 Å². The summed E-state index contributed by atoms with van der Waals surface area (Å²) >= 11 is 0. The molecular formula is C10H14N4O2. The van der Waals surface area contributed by atoms with Crippen molar-refractivity contribution >= 4 is 17.5 Å². The van der Waals surface area contributed by atoms with Gasteiger partial charge in [-0.3, -0.25) is 9.59 Å². The molecule has 0 unspecified atom stereocenters. The largest absolute Gasteiger partial charge is 0.397 e. The van der Waals surface area contributed by atoms with Crippen LogP contribution in [0.25, 0.3) is 0 Å². The van der Waals surface area contributed by atoms with Gasteiger partial charge in [-0.05, 0) is 19.1 Å². The third-order valence-corrected chi connectivity index (χ3v) is 2.06. The lowest BCUT2D eigenvalue weighted by Gasteiger charge is -2.18. The number of rotatable bonds is 4. The topological polar surface area (TPSA) is 102 Å². The minimum Gasteiger partial charge on any atom is -0.397 e. The van der Waals surface area contributed by atoms with E-state index >= 15 is 0 Å². The highest BCUT2D eigenvalue weighted by atomic mass is 16.2. The Morgan fingerprint density at radius 3 is 2.69 bits per heavy atom. The van der Waals surface area contributed by atoms with Gasteiger partial charge in [-0.15, -0.1) is 0 Å². The zero-order valence-electron chi connectivity index (χ0n) is 9.01. The van der Waals surface area contributed by atoms with Gasteiger partial charge < -0.3 is 16.4 Å². The first kappa shape index (κ1) is 12.0. The van der Waals surface area contributed by atoms with Gasteiger partial charge in [0, 0.05) is 12.7 Å². The molecule has 6 nitrogen and oxygen atoms in total. The summed E-state index contributed by atoms with van der Waals surface area (Å²) in [5, 5.41) is 0. The van der Waals surface area contributed by atoms with Crippen molar-refractivity contribution in [3.05, 3.63) is 24.0 Å². The number of nitrogens with zero attached hydrogens (tertiary/aromatic N) is 2. The number of nitrogens with two attached hydrogens (primary N) is 2. The maximum atomic E-state index is 11.9. The molecule has 0 bridgehead atoms. The summed E-state index contributed by atoms with van der Waals surface area (Å²) in [6.07, 6.45) is 1.47. The van der Waals surface area contributed by atoms with Crippen LogP contribution in [-0.2, 0) is 4.79 Å². The van der Waals surface area contributed by atoms with Crippen LogP contribution in [0.1, 0.15) is 17.4 Å². The van der Waals surface area contributed by atoms with Gasteiger partial charge in [0.15, 0.2) is 5.69 Å². The molecule has 1 aromatic rings. The van der Waals surface area contributed by atoms with Crippen LogP contribution in [0.4, 0.5) is 5.69 Å². The van der Waals surface area contributed by atoms with Gasteiger partial charge in [0.05, 0.1) is 12.2 Å². The molecule has 86 valence electrons. The molecule has 0 spiro atoms. The monoisotopic (exact) mass is 222 g/mol. The SMILES string of the molecule is CCN(CC(N)=O)C(=O)c1ncccc1N. The number of carbonyl (C=O) groups is 2. The molecule has 0 aromatic carbocycles. The molecule has 0 saturated heterocycles. The van der Waals surface area contributed by atoms with Gasteiger partial charge in [0.1, 0.15) is 0 Å². The molecule has 0 saturated carbocycles. The van der Waals surface area contributed by atoms with Crippen LogP contribution in [0, 0.1) is 0 Å². The number of anilines is 1. The van der Waals surface area contributed by atoms with Gasteiger partial charge in [-0.25, -0.2) is 4.98 Å². The molecule has 0 aliphatic heterocycles. The molecule has 1 heterocycles. The van der Waals surface area contributed by atoms with Crippen molar-refractivity contribution in [1.82, 2.24) is 9.88 Å². The summed E-state index contributed by atoms with van der Waals surface area (Å²) in [5.74, 6) is -0.955. The number of hydrogen-bond acceptors (Lipinski definition) is 4. The van der Waals surface area contributed by atoms with Crippen molar-refractivity contribution in [1.29, 1.82) is 0 Å². The number of amides is 2. The number of hydrogen-bond donors (Lipinski definition) is 2. The van der Waals surface area contributed by atoms with E-state index < -0.39 is 5.91 Å². The van der Waals surface area contributed by atoms with Crippen molar-refractivity contribution in [3.63, 3.8) is 0 Å². The zero-order chi connectivity index (χ0) is 12.1. The first-order valence-corrected chi connectivity index (χ1v) is 4.84. The van der Waals surface area contributed by atoms with Crippen molar-refractivity contribution in [2.75, 3.05) is 18.8 Å². The van der Waals surface area contributed by atoms with Crippen LogP contribution < -0.4 is 11.5 Å². The lowest BCUT2D eigenvalue weighted by Crippen LogP contribution is -2.38. The molecule has 0 fully saturated rings. The highest BCUT2D eigenvalue weighted by molar-refractivity contribution is 5.98. The molecule has 1 aromatic heterocycles. The van der Waals surface area contributed by atoms with Crippen LogP contribution in [0.2, 0.25) is 0 Å². The Morgan fingerprint density at radius 1 is 1.50 bits per heavy atom. The fourth-order valence-corrected chi connectivity index (χ4v) is 1.26. The van der Waals surface area contributed by atoms with E-state index in [1.165, 1.54) is 11.1 Å². The van der Waals surface area contributed by atoms with Gasteiger partial charge in [-0.2, -0.15) is 0 Å². The van der Waals surface area contributed by atoms with E-state index in [0.717, 1.165) is 0 Å². The molecule has 6 heteroatoms. The third kappa shape index (κ3) is 2.69. The maximum Gasteiger partial charge on any atom is 0.275 e. The summed E-state index contributed by atoms with van der Waals surface area (Å²) in [6.45, 7) is 1.99. The van der Waals surface area contributed by atoms with E-state index in [1.807, 2.05) is 0 Å². The van der Waals surface area contributed by atoms with Crippen LogP contribution >= 0.6 is 0 Å². The quantitative estimate of drug-likeness (QED) is 0.724. The first-order chi connectivity index (χ1) is 7.56. The summed E-state index contributed by atoms with van der Waals surface area (Å²) in [5.41, 5.74) is 11.1. The normalized spacial score (nSPS) is 9.81. The molecule has 2 amide bonds. The second-order valence-corrected chi connectivity index (χ2v) is 3.23. The number of primary amides is 1. The van der Waals surface area contributed by atoms with E-state index in [2.05, 4.69) is 4.98 Å². The summed E-state index contributed by atoms with van der Waals surface area (Å²) in [4.78, 5) is 27.9. The van der Waals surface area contributed by atoms with Gasteiger partial charge >= 0.3 is 0 Å². The molecule has 1 rings (SSSR count). The standard InChI is InChI=1S/C10H14N4O2/c1-2-14(6-8(12)15)10(16)9-7(11)4-3-5-13-9/h3-5H,2,6,11H2,1H3,(H2,12,15). The predicted molar refractivity (Wildman–Crippen MR) is 59.4 cm³/mol. The van der Waals surface area contributed by atoms with E-state index in [0.29, 0.717) is 6.54 Å². The van der Waals surface area contributed by atoms with E-state index in [4.69, 9.17) is 11.5 Å². The number of carbonyl (C=O) groups excluding carboxylic acids is 2. The highest BCUT2D eigenvalue weighted by Crippen LogP contribution is 2.09. The number of aromatic nitrogens is 1. The summed E-state index contributed by atoms with van der Waals surface area (Å²) in [7, 11) is 0. The Labute approximate surface area is 93.2 Å². The minimum absolute atomic E-state index is 0.134. The van der Waals surface area contributed by atoms with Crippen molar-refractivity contribution < 1.29 is 9.59 Å². The molecular weight excluding hydrogens is 208 g/mol. The molecule has 16 heavy (non-hydrogen) atoms. The molecule has 4 N–H and O–H groups in total. The van der Waals surface area contributed by atoms with Crippen molar-refractivity contribution in [2.24, 2.45) is 5.73 Å². The smallest absolute Gasteiger partial charge is 0.275 e.